The van der Waals surface area contributed by atoms with Crippen molar-refractivity contribution in [2.45, 2.75) is 31.1 Å². The number of phenols is 1. The Morgan fingerprint density at radius 2 is 1.60 bits per heavy atom. The van der Waals surface area contributed by atoms with Crippen molar-refractivity contribution in [2.75, 3.05) is 44.2 Å². The first-order valence-corrected chi connectivity index (χ1v) is 10.8. The molecule has 5 nitrogen and oxygen atoms in total. The topological polar surface area (TPSA) is 55.8 Å². The minimum absolute atomic E-state index is 0.0569. The fourth-order valence-corrected chi connectivity index (χ4v) is 4.78. The lowest BCUT2D eigenvalue weighted by Gasteiger charge is -2.36. The molecule has 1 aliphatic heterocycles. The normalized spacial score (nSPS) is 19.0. The van der Waals surface area contributed by atoms with Crippen LogP contribution in [0.5, 0.6) is 5.75 Å². The van der Waals surface area contributed by atoms with E-state index in [-0.39, 0.29) is 22.9 Å². The van der Waals surface area contributed by atoms with Crippen molar-refractivity contribution in [2.24, 2.45) is 0 Å². The molecule has 2 N–H and O–H groups in total. The summed E-state index contributed by atoms with van der Waals surface area (Å²) in [5.41, 5.74) is 2.16. The van der Waals surface area contributed by atoms with Gasteiger partial charge >= 0.3 is 0 Å². The summed E-state index contributed by atoms with van der Waals surface area (Å²) in [5.74, 6) is 0.110. The summed E-state index contributed by atoms with van der Waals surface area (Å²) >= 11 is 0. The molecule has 1 saturated carbocycles. The second kappa shape index (κ2) is 9.04. The number of halogens is 1. The van der Waals surface area contributed by atoms with E-state index in [1.54, 1.807) is 12.1 Å². The fourth-order valence-electron chi connectivity index (χ4n) is 4.78. The lowest BCUT2D eigenvalue weighted by atomic mass is 9.79. The number of benzene rings is 2. The van der Waals surface area contributed by atoms with Crippen molar-refractivity contribution in [3.8, 4) is 5.75 Å². The van der Waals surface area contributed by atoms with Crippen LogP contribution in [0.1, 0.15) is 31.2 Å². The number of rotatable bonds is 6. The van der Waals surface area contributed by atoms with Crippen molar-refractivity contribution >= 4 is 11.6 Å². The van der Waals surface area contributed by atoms with E-state index >= 15 is 0 Å². The van der Waals surface area contributed by atoms with Gasteiger partial charge < -0.3 is 15.3 Å². The first-order chi connectivity index (χ1) is 14.5. The molecule has 4 rings (SSSR count). The largest absolute Gasteiger partial charge is 0.508 e. The summed E-state index contributed by atoms with van der Waals surface area (Å²) in [7, 11) is 0. The SMILES string of the molecule is O=C(CN1CCN(c2ccc(O)cc2)CC1)NCC1(c2ccc(F)cc2)CCCC1. The zero-order valence-corrected chi connectivity index (χ0v) is 17.3. The monoisotopic (exact) mass is 411 g/mol. The Kier molecular flexibility index (Phi) is 6.23. The van der Waals surface area contributed by atoms with E-state index in [2.05, 4.69) is 15.1 Å². The number of carbonyl (C=O) groups excluding carboxylic acids is 1. The van der Waals surface area contributed by atoms with Gasteiger partial charge in [-0.15, -0.1) is 0 Å². The van der Waals surface area contributed by atoms with Crippen LogP contribution < -0.4 is 10.2 Å². The summed E-state index contributed by atoms with van der Waals surface area (Å²) in [6.45, 7) is 4.40. The van der Waals surface area contributed by atoms with E-state index in [0.717, 1.165) is 63.1 Å². The molecule has 6 heteroatoms. The molecule has 0 unspecified atom stereocenters. The molecule has 0 aromatic heterocycles. The number of nitrogens with one attached hydrogen (secondary N) is 1. The molecule has 1 aliphatic carbocycles. The van der Waals surface area contributed by atoms with Crippen LogP contribution in [0.4, 0.5) is 10.1 Å². The molecule has 2 fully saturated rings. The van der Waals surface area contributed by atoms with Gasteiger partial charge in [0.15, 0.2) is 0 Å². The summed E-state index contributed by atoms with van der Waals surface area (Å²) in [4.78, 5) is 17.1. The Balaban J connectivity index is 1.27. The average Bonchev–Trinajstić information content (AvgIpc) is 3.24. The maximum Gasteiger partial charge on any atom is 0.234 e. The van der Waals surface area contributed by atoms with Gasteiger partial charge in [-0.25, -0.2) is 4.39 Å². The average molecular weight is 412 g/mol. The molecule has 2 aromatic rings. The number of phenolic OH excluding ortho intramolecular Hbond substituents is 1. The van der Waals surface area contributed by atoms with Crippen LogP contribution >= 0.6 is 0 Å². The van der Waals surface area contributed by atoms with Gasteiger partial charge in [-0.1, -0.05) is 25.0 Å². The summed E-state index contributed by atoms with van der Waals surface area (Å²) in [6, 6.07) is 14.0. The van der Waals surface area contributed by atoms with E-state index in [9.17, 15) is 14.3 Å². The maximum absolute atomic E-state index is 13.3. The van der Waals surface area contributed by atoms with Gasteiger partial charge in [0, 0.05) is 43.8 Å². The molecule has 1 saturated heterocycles. The van der Waals surface area contributed by atoms with Crippen LogP contribution in [0.3, 0.4) is 0 Å². The molecule has 0 radical (unpaired) electrons. The Hall–Kier alpha value is -2.60. The minimum Gasteiger partial charge on any atom is -0.508 e. The molecular weight excluding hydrogens is 381 g/mol. The lowest BCUT2D eigenvalue weighted by Crippen LogP contribution is -2.50. The minimum atomic E-state index is -0.220. The van der Waals surface area contributed by atoms with Crippen LogP contribution in [0, 0.1) is 5.82 Å². The molecule has 2 aliphatic rings. The van der Waals surface area contributed by atoms with E-state index in [0.29, 0.717) is 13.1 Å². The summed E-state index contributed by atoms with van der Waals surface area (Å²) < 4.78 is 13.3. The van der Waals surface area contributed by atoms with Gasteiger partial charge in [0.05, 0.1) is 6.54 Å². The first kappa shape index (κ1) is 20.7. The molecule has 160 valence electrons. The molecule has 1 heterocycles. The summed E-state index contributed by atoms with van der Waals surface area (Å²) in [5, 5.41) is 12.6. The fraction of sp³-hybridized carbons (Fsp3) is 0.458. The Morgan fingerprint density at radius 1 is 0.967 bits per heavy atom. The molecular formula is C24H30FN3O2. The highest BCUT2D eigenvalue weighted by Crippen LogP contribution is 2.40. The Morgan fingerprint density at radius 3 is 2.23 bits per heavy atom. The van der Waals surface area contributed by atoms with E-state index in [1.165, 1.54) is 12.1 Å². The standard InChI is InChI=1S/C24H30FN3O2/c25-20-5-3-19(4-6-20)24(11-1-2-12-24)18-26-23(30)17-27-13-15-28(16-14-27)21-7-9-22(29)10-8-21/h3-10,29H,1-2,11-18H2,(H,26,30). The van der Waals surface area contributed by atoms with E-state index in [1.807, 2.05) is 24.3 Å². The van der Waals surface area contributed by atoms with Gasteiger partial charge in [0.1, 0.15) is 11.6 Å². The van der Waals surface area contributed by atoms with Crippen LogP contribution in [-0.4, -0.2) is 55.2 Å². The molecule has 0 spiro atoms. The first-order valence-electron chi connectivity index (χ1n) is 10.8. The highest BCUT2D eigenvalue weighted by Gasteiger charge is 2.36. The number of anilines is 1. The molecule has 1 amide bonds. The number of aromatic hydroxyl groups is 1. The zero-order valence-electron chi connectivity index (χ0n) is 17.3. The van der Waals surface area contributed by atoms with E-state index < -0.39 is 0 Å². The second-order valence-electron chi connectivity index (χ2n) is 8.55. The van der Waals surface area contributed by atoms with Crippen LogP contribution in [-0.2, 0) is 10.2 Å². The maximum atomic E-state index is 13.3. The number of hydrogen-bond acceptors (Lipinski definition) is 4. The van der Waals surface area contributed by atoms with Crippen molar-refractivity contribution in [1.29, 1.82) is 0 Å². The lowest BCUT2D eigenvalue weighted by molar-refractivity contribution is -0.122. The van der Waals surface area contributed by atoms with Gasteiger partial charge in [-0.05, 0) is 54.8 Å². The number of piperazine rings is 1. The predicted octanol–water partition coefficient (Wildman–Crippen LogP) is 3.28. The second-order valence-corrected chi connectivity index (χ2v) is 8.55. The third-order valence-electron chi connectivity index (χ3n) is 6.60. The van der Waals surface area contributed by atoms with Crippen molar-refractivity contribution in [3.63, 3.8) is 0 Å². The van der Waals surface area contributed by atoms with Crippen molar-refractivity contribution < 1.29 is 14.3 Å². The third kappa shape index (κ3) is 4.75. The van der Waals surface area contributed by atoms with Gasteiger partial charge in [-0.3, -0.25) is 9.69 Å². The molecule has 0 atom stereocenters. The van der Waals surface area contributed by atoms with Crippen LogP contribution in [0.15, 0.2) is 48.5 Å². The molecule has 0 bridgehead atoms. The summed E-state index contributed by atoms with van der Waals surface area (Å²) in [6.07, 6.45) is 4.35. The Bertz CT molecular complexity index is 840. The van der Waals surface area contributed by atoms with Gasteiger partial charge in [-0.2, -0.15) is 0 Å². The zero-order chi connectivity index (χ0) is 21.0. The van der Waals surface area contributed by atoms with Gasteiger partial charge in [0.2, 0.25) is 5.91 Å². The number of hydrogen-bond donors (Lipinski definition) is 2. The highest BCUT2D eigenvalue weighted by molar-refractivity contribution is 5.78. The van der Waals surface area contributed by atoms with E-state index in [4.69, 9.17) is 0 Å². The predicted molar refractivity (Wildman–Crippen MR) is 116 cm³/mol. The number of amides is 1. The third-order valence-corrected chi connectivity index (χ3v) is 6.60. The Labute approximate surface area is 177 Å². The van der Waals surface area contributed by atoms with Crippen molar-refractivity contribution in [1.82, 2.24) is 10.2 Å². The number of carbonyl (C=O) groups is 1. The van der Waals surface area contributed by atoms with Crippen LogP contribution in [0.2, 0.25) is 0 Å². The van der Waals surface area contributed by atoms with Crippen molar-refractivity contribution in [3.05, 3.63) is 59.9 Å². The molecule has 2 aromatic carbocycles. The van der Waals surface area contributed by atoms with Crippen LogP contribution in [0.25, 0.3) is 0 Å². The molecule has 30 heavy (non-hydrogen) atoms. The number of nitrogens with zero attached hydrogens (tertiary/aromatic N) is 2. The quantitative estimate of drug-likeness (QED) is 0.766. The smallest absolute Gasteiger partial charge is 0.234 e. The highest BCUT2D eigenvalue weighted by atomic mass is 19.1. The van der Waals surface area contributed by atoms with Gasteiger partial charge in [0.25, 0.3) is 0 Å².